The van der Waals surface area contributed by atoms with Gasteiger partial charge in [0.15, 0.2) is 0 Å². The molecule has 1 aliphatic rings. The lowest BCUT2D eigenvalue weighted by Gasteiger charge is -2.42. The van der Waals surface area contributed by atoms with Crippen LogP contribution in [0.5, 0.6) is 0 Å². The van der Waals surface area contributed by atoms with Crippen molar-refractivity contribution in [1.29, 1.82) is 0 Å². The molecular weight excluding hydrogens is 174 g/mol. The highest BCUT2D eigenvalue weighted by atomic mass is 16.3. The molecule has 2 atom stereocenters. The molecule has 1 rings (SSSR count). The van der Waals surface area contributed by atoms with E-state index >= 15 is 0 Å². The highest BCUT2D eigenvalue weighted by Crippen LogP contribution is 2.34. The first-order valence-electron chi connectivity index (χ1n) is 5.90. The van der Waals surface area contributed by atoms with Crippen LogP contribution in [0.1, 0.15) is 40.0 Å². The summed E-state index contributed by atoms with van der Waals surface area (Å²) in [6, 6.07) is 0. The second kappa shape index (κ2) is 4.63. The van der Waals surface area contributed by atoms with E-state index in [4.69, 9.17) is 0 Å². The van der Waals surface area contributed by atoms with E-state index in [1.165, 1.54) is 6.42 Å². The maximum absolute atomic E-state index is 10.5. The Bertz CT molecular complexity index is 173. The van der Waals surface area contributed by atoms with Gasteiger partial charge in [0.05, 0.1) is 5.60 Å². The van der Waals surface area contributed by atoms with Crippen molar-refractivity contribution in [3.8, 4) is 0 Å². The lowest BCUT2D eigenvalue weighted by Crippen LogP contribution is -2.48. The summed E-state index contributed by atoms with van der Waals surface area (Å²) in [5.41, 5.74) is -0.401. The molecule has 0 spiro atoms. The van der Waals surface area contributed by atoms with Gasteiger partial charge in [-0.3, -0.25) is 0 Å². The fourth-order valence-electron chi connectivity index (χ4n) is 2.34. The lowest BCUT2D eigenvalue weighted by atomic mass is 9.74. The normalized spacial score (nSPS) is 27.2. The average Bonchev–Trinajstić information content (AvgIpc) is 2.20. The maximum Gasteiger partial charge on any atom is 0.0700 e. The monoisotopic (exact) mass is 199 g/mol. The van der Waals surface area contributed by atoms with Gasteiger partial charge in [-0.15, -0.1) is 0 Å². The third kappa shape index (κ3) is 2.48. The van der Waals surface area contributed by atoms with Crippen LogP contribution in [0, 0.1) is 11.8 Å². The summed E-state index contributed by atoms with van der Waals surface area (Å²) in [7, 11) is 2.13. The van der Waals surface area contributed by atoms with Gasteiger partial charge >= 0.3 is 0 Å². The molecule has 0 amide bonds. The van der Waals surface area contributed by atoms with Crippen LogP contribution in [-0.4, -0.2) is 35.7 Å². The van der Waals surface area contributed by atoms with Gasteiger partial charge in [0.25, 0.3) is 0 Å². The van der Waals surface area contributed by atoms with Crippen LogP contribution >= 0.6 is 0 Å². The Morgan fingerprint density at radius 3 is 2.21 bits per heavy atom. The van der Waals surface area contributed by atoms with Gasteiger partial charge in [0.2, 0.25) is 0 Å². The zero-order valence-corrected chi connectivity index (χ0v) is 10.1. The molecule has 2 nitrogen and oxygen atoms in total. The summed E-state index contributed by atoms with van der Waals surface area (Å²) in [4.78, 5) is 2.30. The molecule has 2 unspecified atom stereocenters. The van der Waals surface area contributed by atoms with Crippen molar-refractivity contribution in [2.75, 3.05) is 20.1 Å². The zero-order chi connectivity index (χ0) is 10.8. The molecule has 0 aliphatic carbocycles. The van der Waals surface area contributed by atoms with Gasteiger partial charge < -0.3 is 10.0 Å². The number of hydrogen-bond donors (Lipinski definition) is 1. The van der Waals surface area contributed by atoms with E-state index in [9.17, 15) is 5.11 Å². The van der Waals surface area contributed by atoms with Crippen molar-refractivity contribution in [2.45, 2.75) is 45.6 Å². The first kappa shape index (κ1) is 12.0. The number of likely N-dealkylation sites (tertiary alicyclic amines) is 1. The molecule has 1 saturated heterocycles. The Morgan fingerprint density at radius 1 is 1.29 bits per heavy atom. The van der Waals surface area contributed by atoms with Crippen LogP contribution in [0.15, 0.2) is 0 Å². The van der Waals surface area contributed by atoms with Gasteiger partial charge in [0, 0.05) is 13.1 Å². The predicted molar refractivity (Wildman–Crippen MR) is 60.3 cm³/mol. The smallest absolute Gasteiger partial charge is 0.0700 e. The van der Waals surface area contributed by atoms with Gasteiger partial charge in [-0.1, -0.05) is 27.2 Å². The van der Waals surface area contributed by atoms with Crippen molar-refractivity contribution >= 4 is 0 Å². The molecule has 2 heteroatoms. The highest BCUT2D eigenvalue weighted by molar-refractivity contribution is 4.90. The Balaban J connectivity index is 2.56. The predicted octanol–water partition coefficient (Wildman–Crippen LogP) is 2.13. The van der Waals surface area contributed by atoms with Gasteiger partial charge in [-0.25, -0.2) is 0 Å². The molecule has 1 heterocycles. The van der Waals surface area contributed by atoms with E-state index in [-0.39, 0.29) is 0 Å². The van der Waals surface area contributed by atoms with Gasteiger partial charge in [0.1, 0.15) is 0 Å². The fourth-order valence-corrected chi connectivity index (χ4v) is 2.34. The van der Waals surface area contributed by atoms with Crippen LogP contribution in [0.25, 0.3) is 0 Å². The number of rotatable bonds is 3. The summed E-state index contributed by atoms with van der Waals surface area (Å²) < 4.78 is 0. The Kier molecular flexibility index (Phi) is 3.96. The second-order valence-electron chi connectivity index (χ2n) is 5.08. The fraction of sp³-hybridized carbons (Fsp3) is 1.00. The van der Waals surface area contributed by atoms with E-state index in [1.54, 1.807) is 0 Å². The Hall–Kier alpha value is -0.0800. The Morgan fingerprint density at radius 2 is 1.79 bits per heavy atom. The molecule has 0 aromatic heterocycles. The SMILES string of the molecule is CCC(C)C(C)C1(O)CCN(C)CC1. The van der Waals surface area contributed by atoms with Crippen molar-refractivity contribution in [1.82, 2.24) is 4.90 Å². The molecule has 0 saturated carbocycles. The van der Waals surface area contributed by atoms with Crippen LogP contribution in [-0.2, 0) is 0 Å². The van der Waals surface area contributed by atoms with Crippen LogP contribution < -0.4 is 0 Å². The minimum absolute atomic E-state index is 0.401. The molecule has 1 fully saturated rings. The zero-order valence-electron chi connectivity index (χ0n) is 10.1. The van der Waals surface area contributed by atoms with E-state index in [1.807, 2.05) is 0 Å². The minimum Gasteiger partial charge on any atom is -0.390 e. The molecule has 0 aromatic rings. The van der Waals surface area contributed by atoms with Crippen LogP contribution in [0.3, 0.4) is 0 Å². The van der Waals surface area contributed by atoms with E-state index < -0.39 is 5.60 Å². The summed E-state index contributed by atoms with van der Waals surface area (Å²) in [5.74, 6) is 1.06. The number of hydrogen-bond acceptors (Lipinski definition) is 2. The summed E-state index contributed by atoms with van der Waals surface area (Å²) in [6.07, 6.45) is 3.04. The van der Waals surface area contributed by atoms with Gasteiger partial charge in [-0.05, 0) is 31.7 Å². The van der Waals surface area contributed by atoms with E-state index in [0.29, 0.717) is 11.8 Å². The van der Waals surface area contributed by atoms with E-state index in [2.05, 4.69) is 32.7 Å². The summed E-state index contributed by atoms with van der Waals surface area (Å²) >= 11 is 0. The molecule has 0 bridgehead atoms. The topological polar surface area (TPSA) is 23.5 Å². The van der Waals surface area contributed by atoms with E-state index in [0.717, 1.165) is 25.9 Å². The van der Waals surface area contributed by atoms with Crippen LogP contribution in [0.4, 0.5) is 0 Å². The number of nitrogens with zero attached hydrogens (tertiary/aromatic N) is 1. The van der Waals surface area contributed by atoms with Crippen LogP contribution in [0.2, 0.25) is 0 Å². The number of piperidine rings is 1. The highest BCUT2D eigenvalue weighted by Gasteiger charge is 2.38. The average molecular weight is 199 g/mol. The standard InChI is InChI=1S/C12H25NO/c1-5-10(2)11(3)12(14)6-8-13(4)9-7-12/h10-11,14H,5-9H2,1-4H3. The van der Waals surface area contributed by atoms with Crippen molar-refractivity contribution in [3.63, 3.8) is 0 Å². The number of aliphatic hydroxyl groups is 1. The molecule has 1 aliphatic heterocycles. The largest absolute Gasteiger partial charge is 0.390 e. The maximum atomic E-state index is 10.5. The first-order valence-corrected chi connectivity index (χ1v) is 5.90. The van der Waals surface area contributed by atoms with Crippen molar-refractivity contribution in [3.05, 3.63) is 0 Å². The first-order chi connectivity index (χ1) is 6.49. The van der Waals surface area contributed by atoms with Crippen molar-refractivity contribution < 1.29 is 5.11 Å². The third-order valence-corrected chi connectivity index (χ3v) is 4.20. The summed E-state index contributed by atoms with van der Waals surface area (Å²) in [6.45, 7) is 8.74. The molecule has 84 valence electrons. The minimum atomic E-state index is -0.401. The second-order valence-corrected chi connectivity index (χ2v) is 5.08. The third-order valence-electron chi connectivity index (χ3n) is 4.20. The molecule has 0 radical (unpaired) electrons. The van der Waals surface area contributed by atoms with Gasteiger partial charge in [-0.2, -0.15) is 0 Å². The molecular formula is C12H25NO. The van der Waals surface area contributed by atoms with Crippen molar-refractivity contribution in [2.24, 2.45) is 11.8 Å². The lowest BCUT2D eigenvalue weighted by molar-refractivity contribution is -0.0738. The molecule has 0 aromatic carbocycles. The summed E-state index contributed by atoms with van der Waals surface area (Å²) in [5, 5.41) is 10.5. The molecule has 14 heavy (non-hydrogen) atoms. The Labute approximate surface area is 88.3 Å². The molecule has 1 N–H and O–H groups in total. The quantitative estimate of drug-likeness (QED) is 0.752.